The molecule has 4 aliphatic rings. The van der Waals surface area contributed by atoms with Gasteiger partial charge in [-0.05, 0) is 23.8 Å². The third-order valence-corrected chi connectivity index (χ3v) is 6.70. The van der Waals surface area contributed by atoms with Gasteiger partial charge in [0.2, 0.25) is 17.7 Å². The molecule has 0 aromatic heterocycles. The molecule has 1 aromatic rings. The Morgan fingerprint density at radius 2 is 1.61 bits per heavy atom. The first kappa shape index (κ1) is 17.6. The van der Waals surface area contributed by atoms with Crippen LogP contribution in [0, 0.1) is 23.7 Å². The van der Waals surface area contributed by atoms with Gasteiger partial charge in [0.25, 0.3) is 0 Å². The zero-order valence-electron chi connectivity index (χ0n) is 15.7. The Morgan fingerprint density at radius 1 is 1.00 bits per heavy atom. The number of benzene rings is 1. The van der Waals surface area contributed by atoms with E-state index < -0.39 is 6.04 Å². The molecule has 28 heavy (non-hydrogen) atoms. The number of imide groups is 1. The number of hydrogen-bond acceptors (Lipinski definition) is 4. The van der Waals surface area contributed by atoms with Gasteiger partial charge >= 0.3 is 0 Å². The van der Waals surface area contributed by atoms with Gasteiger partial charge in [-0.15, -0.1) is 0 Å². The van der Waals surface area contributed by atoms with Crippen LogP contribution >= 0.6 is 0 Å². The van der Waals surface area contributed by atoms with E-state index in [-0.39, 0.29) is 41.4 Å². The number of hydrogen-bond donors (Lipinski definition) is 0. The van der Waals surface area contributed by atoms with E-state index in [1.807, 2.05) is 30.3 Å². The van der Waals surface area contributed by atoms with E-state index in [0.717, 1.165) is 12.0 Å². The number of likely N-dealkylation sites (tertiary alicyclic amines) is 1. The summed E-state index contributed by atoms with van der Waals surface area (Å²) in [7, 11) is 0. The number of fused-ring (bicyclic) bond motifs is 5. The maximum absolute atomic E-state index is 13.4. The first-order chi connectivity index (χ1) is 13.6. The zero-order chi connectivity index (χ0) is 19.3. The fourth-order valence-electron chi connectivity index (χ4n) is 5.35. The largest absolute Gasteiger partial charge is 0.378 e. The van der Waals surface area contributed by atoms with Gasteiger partial charge in [0.15, 0.2) is 0 Å². The number of carbonyl (C=O) groups is 3. The highest BCUT2D eigenvalue weighted by atomic mass is 16.5. The Kier molecular flexibility index (Phi) is 4.31. The summed E-state index contributed by atoms with van der Waals surface area (Å²) in [6, 6.07) is 8.86. The topological polar surface area (TPSA) is 66.9 Å². The highest BCUT2D eigenvalue weighted by molar-refractivity contribution is 6.09. The van der Waals surface area contributed by atoms with Gasteiger partial charge in [-0.2, -0.15) is 0 Å². The monoisotopic (exact) mass is 380 g/mol. The van der Waals surface area contributed by atoms with E-state index in [2.05, 4.69) is 12.2 Å². The maximum atomic E-state index is 13.4. The number of carbonyl (C=O) groups excluding carboxylic acids is 3. The van der Waals surface area contributed by atoms with Crippen LogP contribution in [0.2, 0.25) is 0 Å². The number of allylic oxidation sites excluding steroid dienone is 2. The molecule has 2 heterocycles. The van der Waals surface area contributed by atoms with Crippen LogP contribution in [0.1, 0.15) is 12.0 Å². The number of amides is 3. The van der Waals surface area contributed by atoms with Crippen LogP contribution in [0.15, 0.2) is 42.5 Å². The van der Waals surface area contributed by atoms with Crippen molar-refractivity contribution in [2.45, 2.75) is 18.9 Å². The van der Waals surface area contributed by atoms with Gasteiger partial charge < -0.3 is 9.64 Å². The van der Waals surface area contributed by atoms with E-state index in [0.29, 0.717) is 32.7 Å². The predicted molar refractivity (Wildman–Crippen MR) is 101 cm³/mol. The summed E-state index contributed by atoms with van der Waals surface area (Å²) in [5, 5.41) is 0. The Bertz CT molecular complexity index is 800. The molecule has 6 heteroatoms. The van der Waals surface area contributed by atoms with Crippen molar-refractivity contribution < 1.29 is 19.1 Å². The van der Waals surface area contributed by atoms with Gasteiger partial charge in [0.05, 0.1) is 25.0 Å². The minimum absolute atomic E-state index is 0.144. The number of nitrogens with zero attached hydrogens (tertiary/aromatic N) is 2. The molecule has 2 aliphatic heterocycles. The molecule has 2 bridgehead atoms. The second-order valence-electron chi connectivity index (χ2n) is 8.19. The van der Waals surface area contributed by atoms with Crippen molar-refractivity contribution in [1.29, 1.82) is 0 Å². The van der Waals surface area contributed by atoms with E-state index in [9.17, 15) is 14.4 Å². The Balaban J connectivity index is 1.46. The molecule has 5 rings (SSSR count). The van der Waals surface area contributed by atoms with Gasteiger partial charge in [-0.3, -0.25) is 19.3 Å². The highest BCUT2D eigenvalue weighted by Crippen LogP contribution is 2.53. The molecule has 2 saturated heterocycles. The molecule has 0 unspecified atom stereocenters. The van der Waals surface area contributed by atoms with E-state index in [1.165, 1.54) is 4.90 Å². The molecule has 146 valence electrons. The molecule has 2 aliphatic carbocycles. The van der Waals surface area contributed by atoms with Crippen LogP contribution in [0.4, 0.5) is 0 Å². The van der Waals surface area contributed by atoms with Crippen LogP contribution in [-0.4, -0.2) is 59.9 Å². The molecule has 0 spiro atoms. The minimum Gasteiger partial charge on any atom is -0.378 e. The molecular formula is C22H24N2O4. The fourth-order valence-corrected chi connectivity index (χ4v) is 5.35. The molecule has 0 radical (unpaired) electrons. The lowest BCUT2D eigenvalue weighted by molar-refractivity contribution is -0.154. The summed E-state index contributed by atoms with van der Waals surface area (Å²) in [6.07, 6.45) is 5.41. The molecule has 1 aromatic carbocycles. The summed E-state index contributed by atoms with van der Waals surface area (Å²) in [4.78, 5) is 43.0. The molecule has 3 amide bonds. The number of ether oxygens (including phenoxy) is 1. The van der Waals surface area contributed by atoms with Crippen LogP contribution < -0.4 is 0 Å². The van der Waals surface area contributed by atoms with Crippen molar-refractivity contribution >= 4 is 17.7 Å². The summed E-state index contributed by atoms with van der Waals surface area (Å²) >= 11 is 0. The molecule has 0 N–H and O–H groups in total. The fraction of sp³-hybridized carbons (Fsp3) is 0.500. The Labute approximate surface area is 164 Å². The maximum Gasteiger partial charge on any atom is 0.246 e. The SMILES string of the molecule is O=C([C@@H](Cc1ccccc1)N1C(=O)[C@@H]2[C@@H](C1=O)[C@H]1C=C[C@H]2C1)N1CCOCC1. The normalized spacial score (nSPS) is 32.1. The van der Waals surface area contributed by atoms with Crippen molar-refractivity contribution in [2.75, 3.05) is 26.3 Å². The average Bonchev–Trinajstić information content (AvgIpc) is 3.41. The van der Waals surface area contributed by atoms with Gasteiger partial charge in [-0.1, -0.05) is 42.5 Å². The number of morpholine rings is 1. The summed E-state index contributed by atoms with van der Waals surface area (Å²) < 4.78 is 5.36. The Morgan fingerprint density at radius 3 is 2.21 bits per heavy atom. The van der Waals surface area contributed by atoms with E-state index >= 15 is 0 Å². The van der Waals surface area contributed by atoms with Gasteiger partial charge in [0.1, 0.15) is 6.04 Å². The molecule has 5 atom stereocenters. The van der Waals surface area contributed by atoms with Crippen LogP contribution in [0.25, 0.3) is 0 Å². The van der Waals surface area contributed by atoms with Crippen molar-refractivity contribution in [3.8, 4) is 0 Å². The first-order valence-corrected chi connectivity index (χ1v) is 10.1. The average molecular weight is 380 g/mol. The second kappa shape index (κ2) is 6.85. The smallest absolute Gasteiger partial charge is 0.246 e. The highest BCUT2D eigenvalue weighted by Gasteiger charge is 2.61. The van der Waals surface area contributed by atoms with Crippen molar-refractivity contribution in [2.24, 2.45) is 23.7 Å². The van der Waals surface area contributed by atoms with Gasteiger partial charge in [0, 0.05) is 19.5 Å². The lowest BCUT2D eigenvalue weighted by atomic mass is 9.85. The summed E-state index contributed by atoms with van der Waals surface area (Å²) in [5.41, 5.74) is 0.952. The summed E-state index contributed by atoms with van der Waals surface area (Å²) in [5.74, 6) is -0.728. The Hall–Kier alpha value is -2.47. The third kappa shape index (κ3) is 2.70. The van der Waals surface area contributed by atoms with Crippen molar-refractivity contribution in [1.82, 2.24) is 9.80 Å². The van der Waals surface area contributed by atoms with Gasteiger partial charge in [-0.25, -0.2) is 0 Å². The zero-order valence-corrected chi connectivity index (χ0v) is 15.7. The predicted octanol–water partition coefficient (Wildman–Crippen LogP) is 1.26. The van der Waals surface area contributed by atoms with E-state index in [1.54, 1.807) is 4.90 Å². The van der Waals surface area contributed by atoms with E-state index in [4.69, 9.17) is 4.74 Å². The first-order valence-electron chi connectivity index (χ1n) is 10.1. The molecule has 1 saturated carbocycles. The quantitative estimate of drug-likeness (QED) is 0.583. The summed E-state index contributed by atoms with van der Waals surface area (Å²) in [6.45, 7) is 1.98. The van der Waals surface area contributed by atoms with Crippen molar-refractivity contribution in [3.63, 3.8) is 0 Å². The standard InChI is InChI=1S/C22H24N2O4/c25-20(23-8-10-28-11-9-23)17(12-14-4-2-1-3-5-14)24-21(26)18-15-6-7-16(13-15)19(18)22(24)27/h1-7,15-19H,8-13H2/t15-,16-,17+,18-,19-/m0/s1. The lowest BCUT2D eigenvalue weighted by Gasteiger charge is -2.34. The second-order valence-corrected chi connectivity index (χ2v) is 8.19. The molecule has 3 fully saturated rings. The molecular weight excluding hydrogens is 356 g/mol. The lowest BCUT2D eigenvalue weighted by Crippen LogP contribution is -2.55. The van der Waals surface area contributed by atoms with Crippen LogP contribution in [-0.2, 0) is 25.5 Å². The number of rotatable bonds is 4. The van der Waals surface area contributed by atoms with Crippen molar-refractivity contribution in [3.05, 3.63) is 48.0 Å². The third-order valence-electron chi connectivity index (χ3n) is 6.70. The minimum atomic E-state index is -0.773. The van der Waals surface area contributed by atoms with Crippen LogP contribution in [0.5, 0.6) is 0 Å². The molecule has 6 nitrogen and oxygen atoms in total. The van der Waals surface area contributed by atoms with Crippen LogP contribution in [0.3, 0.4) is 0 Å².